The number of aliphatic carboxylic acids is 1. The van der Waals surface area contributed by atoms with Crippen molar-refractivity contribution in [1.29, 1.82) is 0 Å². The zero-order valence-electron chi connectivity index (χ0n) is 15.9. The van der Waals surface area contributed by atoms with Crippen LogP contribution in [0.2, 0.25) is 5.02 Å². The Hall–Kier alpha value is -3.13. The number of carboxylic acids is 1. The van der Waals surface area contributed by atoms with Gasteiger partial charge in [-0.2, -0.15) is 0 Å². The van der Waals surface area contributed by atoms with Gasteiger partial charge in [0, 0.05) is 16.3 Å². The van der Waals surface area contributed by atoms with Crippen molar-refractivity contribution in [2.45, 2.75) is 18.8 Å². The molecule has 152 valence electrons. The molecule has 1 aromatic carbocycles. The van der Waals surface area contributed by atoms with Crippen molar-refractivity contribution in [1.82, 2.24) is 4.90 Å². The standard InChI is InChI=1S/C20H19ClN2O6/c1-11(6-12(2)29-3)9-23-16(24)8-20(19(23)28)14-7-13(21)4-5-15(14)22(18(20)27)10-17(25)26/h4-7H,1,8-10H2,2-3H3,(H,25,26)/b12-6-. The number of rotatable bonds is 6. The van der Waals surface area contributed by atoms with E-state index < -0.39 is 42.1 Å². The van der Waals surface area contributed by atoms with Crippen LogP contribution in [0.25, 0.3) is 0 Å². The maximum atomic E-state index is 13.3. The van der Waals surface area contributed by atoms with E-state index in [2.05, 4.69) is 6.58 Å². The third-order valence-electron chi connectivity index (χ3n) is 5.03. The first-order valence-electron chi connectivity index (χ1n) is 8.70. The molecule has 1 unspecified atom stereocenters. The minimum absolute atomic E-state index is 0.109. The third kappa shape index (κ3) is 3.29. The number of halogens is 1. The normalized spacial score (nSPS) is 21.2. The van der Waals surface area contributed by atoms with E-state index in [9.17, 15) is 24.3 Å². The lowest BCUT2D eigenvalue weighted by atomic mass is 9.80. The highest BCUT2D eigenvalue weighted by atomic mass is 35.5. The second-order valence-electron chi connectivity index (χ2n) is 6.93. The van der Waals surface area contributed by atoms with E-state index >= 15 is 0 Å². The molecular weight excluding hydrogens is 400 g/mol. The van der Waals surface area contributed by atoms with E-state index in [1.807, 2.05) is 0 Å². The van der Waals surface area contributed by atoms with Gasteiger partial charge in [-0.15, -0.1) is 0 Å². The number of likely N-dealkylation sites (tertiary alicyclic amines) is 1. The lowest BCUT2D eigenvalue weighted by molar-refractivity contribution is -0.142. The molecule has 2 heterocycles. The number of carbonyl (C=O) groups is 4. The number of fused-ring (bicyclic) bond motifs is 2. The van der Waals surface area contributed by atoms with Crippen molar-refractivity contribution in [3.05, 3.63) is 52.8 Å². The van der Waals surface area contributed by atoms with Gasteiger partial charge >= 0.3 is 5.97 Å². The highest BCUT2D eigenvalue weighted by molar-refractivity contribution is 6.33. The van der Waals surface area contributed by atoms with Gasteiger partial charge in [-0.05, 0) is 36.8 Å². The molecule has 1 N–H and O–H groups in total. The SMILES string of the molecule is C=C(/C=C(/C)OC)CN1C(=O)CC2(C1=O)C(=O)N(CC(=O)O)c1ccc(Cl)cc12. The number of nitrogens with zero attached hydrogens (tertiary/aromatic N) is 2. The van der Waals surface area contributed by atoms with Gasteiger partial charge in [0.2, 0.25) is 17.7 Å². The summed E-state index contributed by atoms with van der Waals surface area (Å²) >= 11 is 6.07. The van der Waals surface area contributed by atoms with Crippen LogP contribution in [0.15, 0.2) is 42.2 Å². The van der Waals surface area contributed by atoms with Crippen LogP contribution >= 0.6 is 11.6 Å². The summed E-state index contributed by atoms with van der Waals surface area (Å²) in [7, 11) is 1.48. The molecule has 0 saturated carbocycles. The summed E-state index contributed by atoms with van der Waals surface area (Å²) in [6, 6.07) is 4.42. The van der Waals surface area contributed by atoms with E-state index in [1.54, 1.807) is 13.0 Å². The van der Waals surface area contributed by atoms with Crippen molar-refractivity contribution in [3.8, 4) is 0 Å². The number of hydrogen-bond acceptors (Lipinski definition) is 5. The lowest BCUT2D eigenvalue weighted by Gasteiger charge is -2.22. The fraction of sp³-hybridized carbons (Fsp3) is 0.300. The summed E-state index contributed by atoms with van der Waals surface area (Å²) in [5.74, 6) is -2.69. The first-order valence-corrected chi connectivity index (χ1v) is 9.08. The smallest absolute Gasteiger partial charge is 0.323 e. The Morgan fingerprint density at radius 1 is 1.28 bits per heavy atom. The van der Waals surface area contributed by atoms with Crippen LogP contribution in [0.1, 0.15) is 18.9 Å². The number of anilines is 1. The minimum Gasteiger partial charge on any atom is -0.501 e. The average molecular weight is 419 g/mol. The third-order valence-corrected chi connectivity index (χ3v) is 5.27. The molecule has 0 aliphatic carbocycles. The Labute approximate surface area is 172 Å². The number of imide groups is 1. The summed E-state index contributed by atoms with van der Waals surface area (Å²) in [6.45, 7) is 4.79. The van der Waals surface area contributed by atoms with Crippen molar-refractivity contribution < 1.29 is 29.0 Å². The number of amides is 3. The molecule has 3 rings (SSSR count). The zero-order valence-corrected chi connectivity index (χ0v) is 16.7. The van der Waals surface area contributed by atoms with E-state index in [1.165, 1.54) is 25.3 Å². The van der Waals surface area contributed by atoms with Gasteiger partial charge in [0.25, 0.3) is 0 Å². The molecular formula is C20H19ClN2O6. The predicted octanol–water partition coefficient (Wildman–Crippen LogP) is 1.87. The Balaban J connectivity index is 2.03. The summed E-state index contributed by atoms with van der Waals surface area (Å²) in [5, 5.41) is 9.46. The first-order chi connectivity index (χ1) is 13.6. The molecule has 0 radical (unpaired) electrons. The molecule has 1 fully saturated rings. The predicted molar refractivity (Wildman–Crippen MR) is 104 cm³/mol. The van der Waals surface area contributed by atoms with E-state index in [0.29, 0.717) is 11.3 Å². The molecule has 0 bridgehead atoms. The van der Waals surface area contributed by atoms with Gasteiger partial charge in [0.15, 0.2) is 5.41 Å². The number of methoxy groups -OCH3 is 1. The minimum atomic E-state index is -1.81. The van der Waals surface area contributed by atoms with Crippen LogP contribution < -0.4 is 4.90 Å². The van der Waals surface area contributed by atoms with Crippen LogP contribution in [0.3, 0.4) is 0 Å². The fourth-order valence-corrected chi connectivity index (χ4v) is 3.88. The maximum Gasteiger partial charge on any atom is 0.323 e. The molecule has 1 spiro atoms. The van der Waals surface area contributed by atoms with E-state index in [-0.39, 0.29) is 22.8 Å². The molecule has 9 heteroatoms. The Morgan fingerprint density at radius 3 is 2.55 bits per heavy atom. The highest BCUT2D eigenvalue weighted by Gasteiger charge is 2.63. The van der Waals surface area contributed by atoms with Crippen molar-refractivity contribution in [2.75, 3.05) is 25.1 Å². The maximum absolute atomic E-state index is 13.3. The van der Waals surface area contributed by atoms with Crippen molar-refractivity contribution in [2.24, 2.45) is 0 Å². The van der Waals surface area contributed by atoms with Gasteiger partial charge in [0.05, 0.1) is 25.8 Å². The monoisotopic (exact) mass is 418 g/mol. The molecule has 8 nitrogen and oxygen atoms in total. The first kappa shape index (κ1) is 20.6. The van der Waals surface area contributed by atoms with Gasteiger partial charge in [-0.3, -0.25) is 29.0 Å². The number of allylic oxidation sites excluding steroid dienone is 1. The van der Waals surface area contributed by atoms with Crippen LogP contribution in [0, 0.1) is 0 Å². The van der Waals surface area contributed by atoms with E-state index in [4.69, 9.17) is 16.3 Å². The average Bonchev–Trinajstić information content (AvgIpc) is 3.02. The van der Waals surface area contributed by atoms with Crippen LogP contribution in [0.5, 0.6) is 0 Å². The number of hydrogen-bond donors (Lipinski definition) is 1. The second-order valence-corrected chi connectivity index (χ2v) is 7.37. The van der Waals surface area contributed by atoms with Crippen LogP contribution in [0.4, 0.5) is 5.69 Å². The molecule has 1 aromatic rings. The summed E-state index contributed by atoms with van der Waals surface area (Å²) in [4.78, 5) is 52.5. The van der Waals surface area contributed by atoms with Gasteiger partial charge < -0.3 is 9.84 Å². The number of ether oxygens (including phenoxy) is 1. The summed E-state index contributed by atoms with van der Waals surface area (Å²) < 4.78 is 5.04. The molecule has 3 amide bonds. The van der Waals surface area contributed by atoms with E-state index in [0.717, 1.165) is 9.80 Å². The fourth-order valence-electron chi connectivity index (χ4n) is 3.71. The zero-order chi connectivity index (χ0) is 21.5. The lowest BCUT2D eigenvalue weighted by Crippen LogP contribution is -2.47. The summed E-state index contributed by atoms with van der Waals surface area (Å²) in [5.41, 5.74) is -0.861. The molecule has 2 aliphatic heterocycles. The largest absolute Gasteiger partial charge is 0.501 e. The Bertz CT molecular complexity index is 985. The van der Waals surface area contributed by atoms with Crippen LogP contribution in [-0.4, -0.2) is 53.9 Å². The van der Waals surface area contributed by atoms with Crippen molar-refractivity contribution in [3.63, 3.8) is 0 Å². The topological polar surface area (TPSA) is 104 Å². The second kappa shape index (κ2) is 7.36. The number of carbonyl (C=O) groups excluding carboxylic acids is 3. The van der Waals surface area contributed by atoms with Crippen molar-refractivity contribution >= 4 is 41.0 Å². The molecule has 29 heavy (non-hydrogen) atoms. The molecule has 1 saturated heterocycles. The Kier molecular flexibility index (Phi) is 5.23. The van der Waals surface area contributed by atoms with Crippen LogP contribution in [-0.2, 0) is 29.3 Å². The number of carboxylic acid groups (broad SMARTS) is 1. The molecule has 2 aliphatic rings. The molecule has 1 atom stereocenters. The molecule has 0 aromatic heterocycles. The summed E-state index contributed by atoms with van der Waals surface area (Å²) in [6.07, 6.45) is 1.19. The quantitative estimate of drug-likeness (QED) is 0.327. The van der Waals surface area contributed by atoms with Gasteiger partial charge in [0.1, 0.15) is 6.54 Å². The number of benzene rings is 1. The highest BCUT2D eigenvalue weighted by Crippen LogP contribution is 2.49. The Morgan fingerprint density at radius 2 is 1.93 bits per heavy atom. The van der Waals surface area contributed by atoms with Gasteiger partial charge in [-0.1, -0.05) is 18.2 Å². The van der Waals surface area contributed by atoms with Gasteiger partial charge in [-0.25, -0.2) is 0 Å².